The van der Waals surface area contributed by atoms with E-state index in [4.69, 9.17) is 24.2 Å². The summed E-state index contributed by atoms with van der Waals surface area (Å²) in [6, 6.07) is 12.0. The van der Waals surface area contributed by atoms with E-state index < -0.39 is 17.7 Å². The predicted octanol–water partition coefficient (Wildman–Crippen LogP) is 5.47. The molecule has 0 spiro atoms. The first kappa shape index (κ1) is 25.5. The van der Waals surface area contributed by atoms with Crippen molar-refractivity contribution in [3.8, 4) is 16.9 Å². The number of hydrogen-bond donors (Lipinski definition) is 1. The molecule has 0 saturated carbocycles. The number of pyridine rings is 2. The zero-order valence-corrected chi connectivity index (χ0v) is 22.8. The van der Waals surface area contributed by atoms with E-state index in [1.54, 1.807) is 0 Å². The van der Waals surface area contributed by atoms with Crippen molar-refractivity contribution in [1.29, 1.82) is 0 Å². The molecule has 4 aromatic rings. The number of ether oxygens (including phenoxy) is 3. The zero-order valence-electron chi connectivity index (χ0n) is 22.8. The molecule has 202 valence electrons. The van der Waals surface area contributed by atoms with Crippen LogP contribution >= 0.6 is 0 Å². The molecule has 6 rings (SSSR count). The number of carboxylic acids is 1. The van der Waals surface area contributed by atoms with Crippen molar-refractivity contribution in [2.75, 3.05) is 37.8 Å². The van der Waals surface area contributed by atoms with Gasteiger partial charge >= 0.3 is 5.97 Å². The van der Waals surface area contributed by atoms with Gasteiger partial charge in [-0.25, -0.2) is 9.78 Å². The van der Waals surface area contributed by atoms with Crippen LogP contribution in [0.3, 0.4) is 0 Å². The maximum Gasteiger partial charge on any atom is 0.337 e. The highest BCUT2D eigenvalue weighted by Crippen LogP contribution is 2.45. The van der Waals surface area contributed by atoms with Crippen LogP contribution < -0.4 is 9.64 Å². The minimum absolute atomic E-state index is 0.616. The molecule has 39 heavy (non-hydrogen) atoms. The average Bonchev–Trinajstić information content (AvgIpc) is 2.91. The fraction of sp³-hybridized carbons (Fsp3) is 0.387. The fourth-order valence-electron chi connectivity index (χ4n) is 5.70. The number of aliphatic carboxylic acids is 1. The second-order valence-electron chi connectivity index (χ2n) is 11.2. The third kappa shape index (κ3) is 4.68. The second kappa shape index (κ2) is 9.77. The number of fused-ring (bicyclic) bond motifs is 1. The lowest BCUT2D eigenvalue weighted by Gasteiger charge is -2.30. The Morgan fingerprint density at radius 1 is 1.10 bits per heavy atom. The van der Waals surface area contributed by atoms with Gasteiger partial charge < -0.3 is 24.2 Å². The summed E-state index contributed by atoms with van der Waals surface area (Å²) in [5, 5.41) is 12.3. The highest BCUT2D eigenvalue weighted by Gasteiger charge is 2.33. The van der Waals surface area contributed by atoms with Crippen molar-refractivity contribution < 1.29 is 24.1 Å². The van der Waals surface area contributed by atoms with Crippen molar-refractivity contribution >= 4 is 33.6 Å². The maximum absolute atomic E-state index is 12.7. The van der Waals surface area contributed by atoms with Crippen LogP contribution in [0.2, 0.25) is 0 Å². The largest absolute Gasteiger partial charge is 0.493 e. The summed E-state index contributed by atoms with van der Waals surface area (Å²) in [5.74, 6) is 0.647. The van der Waals surface area contributed by atoms with Gasteiger partial charge in [-0.15, -0.1) is 0 Å². The van der Waals surface area contributed by atoms with Crippen molar-refractivity contribution in [2.45, 2.75) is 45.8 Å². The molecule has 8 nitrogen and oxygen atoms in total. The molecular weight excluding hydrogens is 494 g/mol. The van der Waals surface area contributed by atoms with Crippen LogP contribution in [0.5, 0.6) is 5.75 Å². The van der Waals surface area contributed by atoms with Crippen LogP contribution in [-0.4, -0.2) is 59.6 Å². The Bertz CT molecular complexity index is 1580. The molecule has 1 N–H and O–H groups in total. The van der Waals surface area contributed by atoms with E-state index in [0.29, 0.717) is 25.4 Å². The van der Waals surface area contributed by atoms with Crippen molar-refractivity contribution in [3.05, 3.63) is 59.3 Å². The van der Waals surface area contributed by atoms with Crippen LogP contribution in [0.15, 0.2) is 42.6 Å². The Hall–Kier alpha value is -3.75. The molecule has 0 aliphatic carbocycles. The fourth-order valence-corrected chi connectivity index (χ4v) is 5.70. The number of aryl methyl sites for hydroxylation is 1. The number of nitrogens with zero attached hydrogens (tertiary/aromatic N) is 3. The minimum atomic E-state index is -1.18. The molecule has 0 radical (unpaired) electrons. The lowest BCUT2D eigenvalue weighted by Crippen LogP contribution is -2.36. The SMILES string of the molecule is Cc1cc2nc(N3CCOCC3)ccc2c(-c2ccc3c4c(ccnc24)CCO3)c1C(OC(C)(C)C)C(=O)O. The van der Waals surface area contributed by atoms with E-state index >= 15 is 0 Å². The highest BCUT2D eigenvalue weighted by molar-refractivity contribution is 6.08. The van der Waals surface area contributed by atoms with Gasteiger partial charge in [0, 0.05) is 47.6 Å². The number of hydrogen-bond acceptors (Lipinski definition) is 7. The summed E-state index contributed by atoms with van der Waals surface area (Å²) in [6.07, 6.45) is 1.44. The third-order valence-electron chi connectivity index (χ3n) is 7.36. The smallest absolute Gasteiger partial charge is 0.337 e. The van der Waals surface area contributed by atoms with Gasteiger partial charge in [0.15, 0.2) is 6.10 Å². The Balaban J connectivity index is 1.66. The maximum atomic E-state index is 12.7. The summed E-state index contributed by atoms with van der Waals surface area (Å²) in [7, 11) is 0. The number of anilines is 1. The van der Waals surface area contributed by atoms with Crippen molar-refractivity contribution in [3.63, 3.8) is 0 Å². The molecule has 1 saturated heterocycles. The predicted molar refractivity (Wildman–Crippen MR) is 151 cm³/mol. The molecule has 4 heterocycles. The Kier molecular flexibility index (Phi) is 6.40. The second-order valence-corrected chi connectivity index (χ2v) is 11.2. The molecule has 8 heteroatoms. The summed E-state index contributed by atoms with van der Waals surface area (Å²) < 4.78 is 17.7. The topological polar surface area (TPSA) is 94.0 Å². The van der Waals surface area contributed by atoms with Crippen molar-refractivity contribution in [2.24, 2.45) is 0 Å². The molecule has 1 unspecified atom stereocenters. The van der Waals surface area contributed by atoms with Crippen LogP contribution in [0, 0.1) is 6.92 Å². The molecule has 2 aliphatic rings. The van der Waals surface area contributed by atoms with Crippen LogP contribution in [-0.2, 0) is 20.7 Å². The van der Waals surface area contributed by atoms with E-state index in [-0.39, 0.29) is 0 Å². The van der Waals surface area contributed by atoms with Gasteiger partial charge in [-0.05, 0) is 80.8 Å². The molecule has 1 atom stereocenters. The van der Waals surface area contributed by atoms with Gasteiger partial charge in [0.2, 0.25) is 0 Å². The Morgan fingerprint density at radius 2 is 1.90 bits per heavy atom. The quantitative estimate of drug-likeness (QED) is 0.365. The van der Waals surface area contributed by atoms with E-state index in [0.717, 1.165) is 69.6 Å². The van der Waals surface area contributed by atoms with E-state index in [1.807, 2.05) is 70.3 Å². The van der Waals surface area contributed by atoms with Gasteiger partial charge in [0.25, 0.3) is 0 Å². The first-order valence-corrected chi connectivity index (χ1v) is 13.4. The monoisotopic (exact) mass is 527 g/mol. The number of benzene rings is 2. The molecule has 0 bridgehead atoms. The summed E-state index contributed by atoms with van der Waals surface area (Å²) >= 11 is 0. The summed E-state index contributed by atoms with van der Waals surface area (Å²) in [4.78, 5) is 24.8. The van der Waals surface area contributed by atoms with Gasteiger partial charge in [-0.3, -0.25) is 4.98 Å². The van der Waals surface area contributed by atoms with Crippen LogP contribution in [0.4, 0.5) is 5.82 Å². The molecule has 2 aromatic carbocycles. The van der Waals surface area contributed by atoms with Crippen LogP contribution in [0.1, 0.15) is 43.6 Å². The van der Waals surface area contributed by atoms with Crippen LogP contribution in [0.25, 0.3) is 32.9 Å². The van der Waals surface area contributed by atoms with E-state index in [9.17, 15) is 9.90 Å². The van der Waals surface area contributed by atoms with Gasteiger partial charge in [-0.1, -0.05) is 0 Å². The normalized spacial score (nSPS) is 16.4. The number of morpholine rings is 1. The molecule has 1 fully saturated rings. The first-order valence-electron chi connectivity index (χ1n) is 13.4. The third-order valence-corrected chi connectivity index (χ3v) is 7.36. The van der Waals surface area contributed by atoms with Gasteiger partial charge in [0.05, 0.1) is 36.5 Å². The number of carboxylic acid groups (broad SMARTS) is 1. The number of carbonyl (C=O) groups is 1. The lowest BCUT2D eigenvalue weighted by atomic mass is 9.86. The standard InChI is InChI=1S/C31H33N3O5/c1-18-17-22-20(6-8-24(33-22)34-12-15-37-16-13-34)27(25(18)29(30(35)36)39-31(2,3)4)21-5-7-23-26-19(10-14-38-23)9-11-32-28(21)26/h5-9,11,17,29H,10,12-16H2,1-4H3,(H,35,36). The highest BCUT2D eigenvalue weighted by atomic mass is 16.5. The molecule has 2 aromatic heterocycles. The summed E-state index contributed by atoms with van der Waals surface area (Å²) in [5.41, 5.74) is 5.13. The van der Waals surface area contributed by atoms with Gasteiger partial charge in [-0.2, -0.15) is 0 Å². The number of rotatable bonds is 5. The lowest BCUT2D eigenvalue weighted by molar-refractivity contribution is -0.160. The zero-order chi connectivity index (χ0) is 27.3. The Morgan fingerprint density at radius 3 is 2.64 bits per heavy atom. The number of aromatic nitrogens is 2. The summed E-state index contributed by atoms with van der Waals surface area (Å²) in [6.45, 7) is 11.1. The van der Waals surface area contributed by atoms with E-state index in [1.165, 1.54) is 5.56 Å². The molecular formula is C31H33N3O5. The first-order chi connectivity index (χ1) is 18.7. The molecule has 2 aliphatic heterocycles. The van der Waals surface area contributed by atoms with E-state index in [2.05, 4.69) is 4.90 Å². The molecule has 0 amide bonds. The average molecular weight is 528 g/mol. The Labute approximate surface area is 227 Å². The van der Waals surface area contributed by atoms with Crippen molar-refractivity contribution in [1.82, 2.24) is 9.97 Å². The van der Waals surface area contributed by atoms with Gasteiger partial charge in [0.1, 0.15) is 11.6 Å². The minimum Gasteiger partial charge on any atom is -0.493 e.